The lowest BCUT2D eigenvalue weighted by Crippen LogP contribution is -2.42. The maximum Gasteiger partial charge on any atom is 0.387 e. The second-order valence-electron chi connectivity index (χ2n) is 7.10. The number of β-amino-alcohol motifs (C(OH)–C–C–N with tert-alkyl or cyclic N) is 1. The maximum absolute atomic E-state index is 12.9. The third kappa shape index (κ3) is 4.51. The molecule has 30 heavy (non-hydrogen) atoms. The van der Waals surface area contributed by atoms with Crippen molar-refractivity contribution in [3.05, 3.63) is 59.7 Å². The average molecular weight is 420 g/mol. The minimum atomic E-state index is -2.96. The Balaban J connectivity index is 1.65. The molecule has 2 N–H and O–H groups in total. The zero-order valence-electron chi connectivity index (χ0n) is 16.5. The molecule has 1 aliphatic rings. The smallest absolute Gasteiger partial charge is 0.387 e. The molecule has 1 fully saturated rings. The summed E-state index contributed by atoms with van der Waals surface area (Å²) in [7, 11) is 0. The number of nitrogens with one attached hydrogen (secondary N) is 1. The van der Waals surface area contributed by atoms with E-state index >= 15 is 0 Å². The Morgan fingerprint density at radius 1 is 1.13 bits per heavy atom. The van der Waals surface area contributed by atoms with E-state index in [9.17, 15) is 23.5 Å². The van der Waals surface area contributed by atoms with Crippen molar-refractivity contribution in [1.82, 2.24) is 10.2 Å². The van der Waals surface area contributed by atoms with Crippen LogP contribution in [0.3, 0.4) is 0 Å². The van der Waals surface area contributed by atoms with Gasteiger partial charge in [0.1, 0.15) is 29.7 Å². The number of alkyl halides is 2. The maximum atomic E-state index is 12.9. The molecule has 0 unspecified atom stereocenters. The Morgan fingerprint density at radius 2 is 1.80 bits per heavy atom. The van der Waals surface area contributed by atoms with E-state index in [4.69, 9.17) is 4.74 Å². The summed E-state index contributed by atoms with van der Waals surface area (Å²) < 4.78 is 34.5. The molecule has 3 rings (SSSR count). The zero-order chi connectivity index (χ0) is 21.9. The summed E-state index contributed by atoms with van der Waals surface area (Å²) in [5.74, 6) is -0.0237. The Labute approximate surface area is 172 Å². The van der Waals surface area contributed by atoms with E-state index in [-0.39, 0.29) is 18.9 Å². The molecular weight excluding hydrogens is 398 g/mol. The predicted octanol–water partition coefficient (Wildman–Crippen LogP) is 2.80. The van der Waals surface area contributed by atoms with Crippen LogP contribution in [0.4, 0.5) is 13.6 Å². The molecule has 0 aromatic heterocycles. The van der Waals surface area contributed by atoms with Crippen molar-refractivity contribution in [2.45, 2.75) is 32.1 Å². The topological polar surface area (TPSA) is 88.1 Å². The first kappa shape index (κ1) is 21.5. The number of imide groups is 1. The summed E-state index contributed by atoms with van der Waals surface area (Å²) in [5, 5.41) is 12.9. The summed E-state index contributed by atoms with van der Waals surface area (Å²) in [4.78, 5) is 26.2. The number of rotatable bonds is 8. The minimum absolute atomic E-state index is 0.0604. The number of amides is 3. The standard InChI is InChI=1S/C21H22F2N2O5/c1-13-5-3-4-6-17(13)29-12-15(26)11-25-18(27)21(2,24-20(25)28)14-7-9-16(10-8-14)30-19(22)23/h3-10,15,19,26H,11-12H2,1-2H3,(H,24,28)/t15-,21-/m1/s1. The van der Waals surface area contributed by atoms with Crippen LogP contribution in [0.2, 0.25) is 0 Å². The van der Waals surface area contributed by atoms with Gasteiger partial charge in [-0.15, -0.1) is 0 Å². The van der Waals surface area contributed by atoms with Crippen LogP contribution in [-0.2, 0) is 10.3 Å². The molecule has 2 aromatic rings. The minimum Gasteiger partial charge on any atom is -0.491 e. The first-order chi connectivity index (χ1) is 14.2. The van der Waals surface area contributed by atoms with Crippen molar-refractivity contribution in [3.63, 3.8) is 0 Å². The van der Waals surface area contributed by atoms with Crippen molar-refractivity contribution < 1.29 is 33.0 Å². The molecule has 0 radical (unpaired) electrons. The molecule has 160 valence electrons. The highest BCUT2D eigenvalue weighted by Gasteiger charge is 2.49. The van der Waals surface area contributed by atoms with Gasteiger partial charge in [-0.05, 0) is 43.2 Å². The molecule has 0 spiro atoms. The molecule has 0 bridgehead atoms. The summed E-state index contributed by atoms with van der Waals surface area (Å²) in [6.45, 7) is 0.0594. The van der Waals surface area contributed by atoms with Crippen LogP contribution in [0.25, 0.3) is 0 Å². The Bertz CT molecular complexity index is 922. The van der Waals surface area contributed by atoms with Gasteiger partial charge in [0.25, 0.3) is 5.91 Å². The van der Waals surface area contributed by atoms with Gasteiger partial charge in [-0.25, -0.2) is 4.79 Å². The van der Waals surface area contributed by atoms with Crippen LogP contribution >= 0.6 is 0 Å². The quantitative estimate of drug-likeness (QED) is 0.642. The lowest BCUT2D eigenvalue weighted by atomic mass is 9.92. The first-order valence-corrected chi connectivity index (χ1v) is 9.26. The SMILES string of the molecule is Cc1ccccc1OC[C@H](O)CN1C(=O)N[C@](C)(c2ccc(OC(F)F)cc2)C1=O. The van der Waals surface area contributed by atoms with E-state index < -0.39 is 30.2 Å². The Kier molecular flexibility index (Phi) is 6.21. The van der Waals surface area contributed by atoms with Gasteiger partial charge in [-0.3, -0.25) is 9.69 Å². The van der Waals surface area contributed by atoms with Gasteiger partial charge in [-0.1, -0.05) is 30.3 Å². The molecule has 9 heteroatoms. The molecular formula is C21H22F2N2O5. The number of carbonyl (C=O) groups excluding carboxylic acids is 2. The average Bonchev–Trinajstić information content (AvgIpc) is 2.91. The molecule has 7 nitrogen and oxygen atoms in total. The second-order valence-corrected chi connectivity index (χ2v) is 7.10. The molecule has 0 saturated carbocycles. The number of benzene rings is 2. The van der Waals surface area contributed by atoms with Crippen LogP contribution < -0.4 is 14.8 Å². The number of aliphatic hydroxyl groups excluding tert-OH is 1. The van der Waals surface area contributed by atoms with Crippen molar-refractivity contribution in [3.8, 4) is 11.5 Å². The van der Waals surface area contributed by atoms with Crippen molar-refractivity contribution in [2.75, 3.05) is 13.2 Å². The molecule has 0 aliphatic carbocycles. The number of nitrogens with zero attached hydrogens (tertiary/aromatic N) is 1. The molecule has 1 saturated heterocycles. The third-order valence-corrected chi connectivity index (χ3v) is 4.85. The number of aryl methyl sites for hydroxylation is 1. The number of hydrogen-bond donors (Lipinski definition) is 2. The molecule has 2 atom stereocenters. The van der Waals surface area contributed by atoms with Crippen LogP contribution in [-0.4, -0.2) is 47.8 Å². The lowest BCUT2D eigenvalue weighted by Gasteiger charge is -2.23. The number of carbonyl (C=O) groups is 2. The van der Waals surface area contributed by atoms with E-state index in [2.05, 4.69) is 10.1 Å². The predicted molar refractivity (Wildman–Crippen MR) is 103 cm³/mol. The number of hydrogen-bond acceptors (Lipinski definition) is 5. The van der Waals surface area contributed by atoms with Gasteiger partial charge in [0.15, 0.2) is 0 Å². The number of aliphatic hydroxyl groups is 1. The summed E-state index contributed by atoms with van der Waals surface area (Å²) >= 11 is 0. The van der Waals surface area contributed by atoms with E-state index in [1.54, 1.807) is 12.1 Å². The number of halogens is 2. The largest absolute Gasteiger partial charge is 0.491 e. The van der Waals surface area contributed by atoms with Gasteiger partial charge < -0.3 is 19.9 Å². The number of urea groups is 1. The van der Waals surface area contributed by atoms with Crippen molar-refractivity contribution >= 4 is 11.9 Å². The summed E-state index contributed by atoms with van der Waals surface area (Å²) in [6.07, 6.45) is -1.09. The van der Waals surface area contributed by atoms with Crippen LogP contribution in [0, 0.1) is 6.92 Å². The lowest BCUT2D eigenvalue weighted by molar-refractivity contribution is -0.132. The highest BCUT2D eigenvalue weighted by atomic mass is 19.3. The normalized spacial score (nSPS) is 19.7. The van der Waals surface area contributed by atoms with E-state index in [1.807, 2.05) is 19.1 Å². The first-order valence-electron chi connectivity index (χ1n) is 9.26. The van der Waals surface area contributed by atoms with Crippen LogP contribution in [0.15, 0.2) is 48.5 Å². The number of para-hydroxylation sites is 1. The van der Waals surface area contributed by atoms with Gasteiger partial charge in [0, 0.05) is 0 Å². The fourth-order valence-electron chi connectivity index (χ4n) is 3.20. The van der Waals surface area contributed by atoms with E-state index in [0.29, 0.717) is 11.3 Å². The highest BCUT2D eigenvalue weighted by Crippen LogP contribution is 2.30. The fraction of sp³-hybridized carbons (Fsp3) is 0.333. The molecule has 2 aromatic carbocycles. The Hall–Kier alpha value is -3.20. The second kappa shape index (κ2) is 8.66. The fourth-order valence-corrected chi connectivity index (χ4v) is 3.20. The van der Waals surface area contributed by atoms with Gasteiger partial charge in [-0.2, -0.15) is 8.78 Å². The Morgan fingerprint density at radius 3 is 2.43 bits per heavy atom. The third-order valence-electron chi connectivity index (χ3n) is 4.85. The molecule has 1 aliphatic heterocycles. The van der Waals surface area contributed by atoms with Crippen LogP contribution in [0.5, 0.6) is 11.5 Å². The summed E-state index contributed by atoms with van der Waals surface area (Å²) in [5.41, 5.74) is -0.0982. The van der Waals surface area contributed by atoms with E-state index in [0.717, 1.165) is 10.5 Å². The monoisotopic (exact) mass is 420 g/mol. The van der Waals surface area contributed by atoms with E-state index in [1.165, 1.54) is 31.2 Å². The van der Waals surface area contributed by atoms with Gasteiger partial charge in [0.05, 0.1) is 6.54 Å². The summed E-state index contributed by atoms with van der Waals surface area (Å²) in [6, 6.07) is 12.1. The van der Waals surface area contributed by atoms with Crippen molar-refractivity contribution in [2.24, 2.45) is 0 Å². The zero-order valence-corrected chi connectivity index (χ0v) is 16.5. The number of ether oxygens (including phenoxy) is 2. The molecule has 1 heterocycles. The van der Waals surface area contributed by atoms with Gasteiger partial charge in [0.2, 0.25) is 0 Å². The molecule has 3 amide bonds. The van der Waals surface area contributed by atoms with Crippen molar-refractivity contribution in [1.29, 1.82) is 0 Å². The van der Waals surface area contributed by atoms with Crippen LogP contribution in [0.1, 0.15) is 18.1 Å². The highest BCUT2D eigenvalue weighted by molar-refractivity contribution is 6.07. The van der Waals surface area contributed by atoms with Gasteiger partial charge >= 0.3 is 12.6 Å².